The molecule has 2 aromatic rings. The third-order valence-corrected chi connectivity index (χ3v) is 3.97. The topological polar surface area (TPSA) is 86.5 Å². The second kappa shape index (κ2) is 7.16. The van der Waals surface area contributed by atoms with Gasteiger partial charge >= 0.3 is 0 Å². The first-order chi connectivity index (χ1) is 10.2. The molecule has 21 heavy (non-hydrogen) atoms. The van der Waals surface area contributed by atoms with Crippen molar-refractivity contribution in [2.75, 3.05) is 14.2 Å². The fourth-order valence-electron chi connectivity index (χ4n) is 1.87. The largest absolute Gasteiger partial charge is 0.497 e. The maximum Gasteiger partial charge on any atom is 0.277 e. The van der Waals surface area contributed by atoms with Crippen molar-refractivity contribution in [3.63, 3.8) is 0 Å². The van der Waals surface area contributed by atoms with E-state index in [4.69, 9.17) is 15.3 Å². The Morgan fingerprint density at radius 1 is 1.33 bits per heavy atom. The molecule has 7 heteroatoms. The molecule has 0 atom stereocenters. The molecule has 6 nitrogen and oxygen atoms in total. The Bertz CT molecular complexity index is 610. The minimum atomic E-state index is -0.347. The smallest absolute Gasteiger partial charge is 0.277 e. The number of aromatic nitrogens is 1. The number of rotatable bonds is 6. The highest BCUT2D eigenvalue weighted by molar-refractivity contribution is 7.13. The van der Waals surface area contributed by atoms with Crippen molar-refractivity contribution < 1.29 is 14.3 Å². The molecule has 0 unspecified atom stereocenters. The van der Waals surface area contributed by atoms with Crippen LogP contribution < -0.4 is 16.0 Å². The zero-order chi connectivity index (χ0) is 15.2. The maximum atomic E-state index is 11.7. The van der Waals surface area contributed by atoms with Crippen molar-refractivity contribution in [3.8, 4) is 5.75 Å². The molecule has 0 saturated heterocycles. The number of nitrogens with zero attached hydrogens (tertiary/aromatic N) is 1. The number of nitrogens with two attached hydrogens (primary N) is 1. The van der Waals surface area contributed by atoms with Crippen LogP contribution in [0.25, 0.3) is 0 Å². The van der Waals surface area contributed by atoms with Gasteiger partial charge in [-0.3, -0.25) is 10.2 Å². The highest BCUT2D eigenvalue weighted by atomic mass is 32.1. The molecule has 0 radical (unpaired) electrons. The number of benzene rings is 1. The lowest BCUT2D eigenvalue weighted by atomic mass is 10.1. The number of nitrogen functional groups attached to an aromatic ring is 1. The van der Waals surface area contributed by atoms with Crippen LogP contribution in [-0.2, 0) is 17.8 Å². The van der Waals surface area contributed by atoms with Crippen LogP contribution >= 0.6 is 11.3 Å². The first-order valence-corrected chi connectivity index (χ1v) is 7.11. The van der Waals surface area contributed by atoms with Gasteiger partial charge in [-0.2, -0.15) is 0 Å². The number of amides is 1. The van der Waals surface area contributed by atoms with E-state index in [1.165, 1.54) is 11.3 Å². The van der Waals surface area contributed by atoms with Crippen LogP contribution in [0.15, 0.2) is 24.3 Å². The molecular weight excluding hydrogens is 290 g/mol. The Morgan fingerprint density at radius 3 is 2.62 bits per heavy atom. The molecule has 0 aliphatic rings. The maximum absolute atomic E-state index is 11.7. The van der Waals surface area contributed by atoms with E-state index in [0.29, 0.717) is 17.0 Å². The first kappa shape index (κ1) is 15.4. The van der Waals surface area contributed by atoms with Gasteiger partial charge in [0, 0.05) is 13.5 Å². The van der Waals surface area contributed by atoms with Gasteiger partial charge in [-0.05, 0) is 17.7 Å². The lowest BCUT2D eigenvalue weighted by molar-refractivity contribution is 0.0952. The SMILES string of the molecule is COCc1nc(Cc2ccc(OC)cc2)sc1C(=O)NN. The van der Waals surface area contributed by atoms with Gasteiger partial charge in [0.05, 0.1) is 24.4 Å². The third kappa shape index (κ3) is 3.78. The predicted octanol–water partition coefficient (Wildman–Crippen LogP) is 1.49. The number of nitrogens with one attached hydrogen (secondary N) is 1. The van der Waals surface area contributed by atoms with E-state index in [9.17, 15) is 4.79 Å². The van der Waals surface area contributed by atoms with Crippen LogP contribution in [0.3, 0.4) is 0 Å². The van der Waals surface area contributed by atoms with E-state index in [0.717, 1.165) is 16.3 Å². The third-order valence-electron chi connectivity index (χ3n) is 2.87. The minimum Gasteiger partial charge on any atom is -0.497 e. The summed E-state index contributed by atoms with van der Waals surface area (Å²) in [6.45, 7) is 0.280. The molecule has 0 fully saturated rings. The average Bonchev–Trinajstić information content (AvgIpc) is 2.90. The number of ether oxygens (including phenoxy) is 2. The fourth-order valence-corrected chi connectivity index (χ4v) is 2.88. The van der Waals surface area contributed by atoms with E-state index in [2.05, 4.69) is 10.4 Å². The summed E-state index contributed by atoms with van der Waals surface area (Å²) in [7, 11) is 3.19. The van der Waals surface area contributed by atoms with Crippen molar-refractivity contribution >= 4 is 17.2 Å². The van der Waals surface area contributed by atoms with Gasteiger partial charge in [-0.25, -0.2) is 10.8 Å². The summed E-state index contributed by atoms with van der Waals surface area (Å²) >= 11 is 1.32. The second-order valence-electron chi connectivity index (χ2n) is 4.31. The van der Waals surface area contributed by atoms with Crippen LogP contribution in [0.2, 0.25) is 0 Å². The van der Waals surface area contributed by atoms with Gasteiger partial charge in [0.1, 0.15) is 10.6 Å². The molecule has 1 aromatic carbocycles. The monoisotopic (exact) mass is 307 g/mol. The molecule has 0 spiro atoms. The Balaban J connectivity index is 2.20. The summed E-state index contributed by atoms with van der Waals surface area (Å²) in [4.78, 5) is 16.7. The number of methoxy groups -OCH3 is 2. The van der Waals surface area contributed by atoms with Gasteiger partial charge in [0.25, 0.3) is 5.91 Å². The molecule has 0 saturated carbocycles. The highest BCUT2D eigenvalue weighted by Gasteiger charge is 2.17. The van der Waals surface area contributed by atoms with Crippen molar-refractivity contribution in [1.82, 2.24) is 10.4 Å². The highest BCUT2D eigenvalue weighted by Crippen LogP contribution is 2.23. The minimum absolute atomic E-state index is 0.280. The average molecular weight is 307 g/mol. The van der Waals surface area contributed by atoms with Crippen molar-refractivity contribution in [1.29, 1.82) is 0 Å². The van der Waals surface area contributed by atoms with E-state index < -0.39 is 0 Å². The van der Waals surface area contributed by atoms with Crippen molar-refractivity contribution in [2.45, 2.75) is 13.0 Å². The fraction of sp³-hybridized carbons (Fsp3) is 0.286. The lowest BCUT2D eigenvalue weighted by Gasteiger charge is -2.01. The van der Waals surface area contributed by atoms with Crippen LogP contribution in [0.5, 0.6) is 5.75 Å². The van der Waals surface area contributed by atoms with Crippen LogP contribution in [-0.4, -0.2) is 25.1 Å². The first-order valence-electron chi connectivity index (χ1n) is 6.29. The van der Waals surface area contributed by atoms with Crippen LogP contribution in [0, 0.1) is 0 Å². The number of carbonyl (C=O) groups excluding carboxylic acids is 1. The van der Waals surface area contributed by atoms with E-state index >= 15 is 0 Å². The predicted molar refractivity (Wildman–Crippen MR) is 80.3 cm³/mol. The van der Waals surface area contributed by atoms with Gasteiger partial charge in [-0.1, -0.05) is 12.1 Å². The Morgan fingerprint density at radius 2 is 2.05 bits per heavy atom. The zero-order valence-corrected chi connectivity index (χ0v) is 12.7. The summed E-state index contributed by atoms with van der Waals surface area (Å²) in [5.74, 6) is 5.65. The standard InChI is InChI=1S/C14H17N3O3S/c1-19-8-11-13(14(18)17-15)21-12(16-11)7-9-3-5-10(20-2)6-4-9/h3-6H,7-8,15H2,1-2H3,(H,17,18). The van der Waals surface area contributed by atoms with E-state index in [1.54, 1.807) is 14.2 Å². The number of hydrogen-bond acceptors (Lipinski definition) is 6. The Labute approximate surface area is 126 Å². The summed E-state index contributed by atoms with van der Waals surface area (Å²) in [6.07, 6.45) is 0.642. The molecular formula is C14H17N3O3S. The molecule has 1 amide bonds. The normalized spacial score (nSPS) is 10.4. The molecule has 1 heterocycles. The number of thiazole rings is 1. The van der Waals surface area contributed by atoms with Gasteiger partial charge in [0.15, 0.2) is 0 Å². The summed E-state index contributed by atoms with van der Waals surface area (Å²) in [5, 5.41) is 0.839. The van der Waals surface area contributed by atoms with Crippen LogP contribution in [0.1, 0.15) is 25.9 Å². The van der Waals surface area contributed by atoms with Gasteiger partial charge in [-0.15, -0.1) is 11.3 Å². The Hall–Kier alpha value is -1.96. The molecule has 112 valence electrons. The number of carbonyl (C=O) groups is 1. The van der Waals surface area contributed by atoms with Gasteiger partial charge in [0.2, 0.25) is 0 Å². The molecule has 0 bridgehead atoms. The molecule has 3 N–H and O–H groups in total. The van der Waals surface area contributed by atoms with E-state index in [1.807, 2.05) is 24.3 Å². The van der Waals surface area contributed by atoms with Crippen LogP contribution in [0.4, 0.5) is 0 Å². The molecule has 0 aliphatic heterocycles. The zero-order valence-electron chi connectivity index (χ0n) is 11.9. The van der Waals surface area contributed by atoms with E-state index in [-0.39, 0.29) is 12.5 Å². The summed E-state index contributed by atoms with van der Waals surface area (Å²) < 4.78 is 10.2. The number of hydrazine groups is 1. The summed E-state index contributed by atoms with van der Waals surface area (Å²) in [6, 6.07) is 7.73. The molecule has 0 aliphatic carbocycles. The summed E-state index contributed by atoms with van der Waals surface area (Å²) in [5.41, 5.74) is 3.83. The number of hydrogen-bond donors (Lipinski definition) is 2. The Kier molecular flexibility index (Phi) is 5.26. The molecule has 1 aromatic heterocycles. The second-order valence-corrected chi connectivity index (χ2v) is 5.40. The van der Waals surface area contributed by atoms with Crippen molar-refractivity contribution in [2.24, 2.45) is 5.84 Å². The quantitative estimate of drug-likeness (QED) is 0.480. The van der Waals surface area contributed by atoms with Crippen molar-refractivity contribution in [3.05, 3.63) is 45.4 Å². The van der Waals surface area contributed by atoms with Gasteiger partial charge < -0.3 is 9.47 Å². The lowest BCUT2D eigenvalue weighted by Crippen LogP contribution is -2.30. The molecule has 2 rings (SSSR count).